The van der Waals surface area contributed by atoms with Crippen LogP contribution in [0.3, 0.4) is 0 Å². The van der Waals surface area contributed by atoms with E-state index in [2.05, 4.69) is 38.1 Å². The molecule has 3 heteroatoms. The predicted molar refractivity (Wildman–Crippen MR) is 68.6 cm³/mol. The van der Waals surface area contributed by atoms with Gasteiger partial charge in [0, 0.05) is 18.8 Å². The molecule has 16 heavy (non-hydrogen) atoms. The topological polar surface area (TPSA) is 29.9 Å². The van der Waals surface area contributed by atoms with Gasteiger partial charge in [-0.2, -0.15) is 5.10 Å². The number of aromatic nitrogens is 2. The smallest absolute Gasteiger partial charge is 0.0524 e. The number of hydrogen-bond acceptors (Lipinski definition) is 2. The minimum atomic E-state index is 0.599. The van der Waals surface area contributed by atoms with E-state index in [1.165, 1.54) is 17.7 Å². The fraction of sp³-hybridized carbons (Fsp3) is 0.769. The SMILES string of the molecule is CCC(C)C(C)NCCc1cnn(C)c1C. The van der Waals surface area contributed by atoms with Crippen molar-refractivity contribution in [3.05, 3.63) is 17.5 Å². The molecule has 92 valence electrons. The lowest BCUT2D eigenvalue weighted by Gasteiger charge is -2.19. The van der Waals surface area contributed by atoms with Gasteiger partial charge in [0.2, 0.25) is 0 Å². The summed E-state index contributed by atoms with van der Waals surface area (Å²) in [7, 11) is 1.99. The third kappa shape index (κ3) is 3.34. The molecule has 2 atom stereocenters. The molecular formula is C13H25N3. The fourth-order valence-corrected chi connectivity index (χ4v) is 1.78. The molecule has 0 aliphatic heterocycles. The van der Waals surface area contributed by atoms with Crippen molar-refractivity contribution >= 4 is 0 Å². The second-order valence-electron chi connectivity index (χ2n) is 4.76. The maximum absolute atomic E-state index is 4.25. The quantitative estimate of drug-likeness (QED) is 0.802. The van der Waals surface area contributed by atoms with Gasteiger partial charge in [-0.15, -0.1) is 0 Å². The first-order valence-corrected chi connectivity index (χ1v) is 6.27. The van der Waals surface area contributed by atoms with E-state index < -0.39 is 0 Å². The normalized spacial score (nSPS) is 15.1. The largest absolute Gasteiger partial charge is 0.314 e. The number of nitrogens with zero attached hydrogens (tertiary/aromatic N) is 2. The molecule has 0 saturated carbocycles. The van der Waals surface area contributed by atoms with Crippen LogP contribution in [0.5, 0.6) is 0 Å². The Morgan fingerprint density at radius 1 is 1.44 bits per heavy atom. The number of nitrogens with one attached hydrogen (secondary N) is 1. The zero-order chi connectivity index (χ0) is 12.1. The van der Waals surface area contributed by atoms with E-state index >= 15 is 0 Å². The van der Waals surface area contributed by atoms with E-state index in [0.29, 0.717) is 6.04 Å². The molecule has 0 aliphatic rings. The highest BCUT2D eigenvalue weighted by Gasteiger charge is 2.09. The van der Waals surface area contributed by atoms with Crippen molar-refractivity contribution in [2.24, 2.45) is 13.0 Å². The Bertz CT molecular complexity index is 317. The van der Waals surface area contributed by atoms with Crippen molar-refractivity contribution in [3.8, 4) is 0 Å². The molecule has 1 N–H and O–H groups in total. The molecule has 0 aromatic carbocycles. The summed E-state index contributed by atoms with van der Waals surface area (Å²) in [6, 6.07) is 0.599. The van der Waals surface area contributed by atoms with Crippen molar-refractivity contribution < 1.29 is 0 Å². The Morgan fingerprint density at radius 2 is 2.12 bits per heavy atom. The molecule has 1 aromatic rings. The second kappa shape index (κ2) is 6.04. The maximum atomic E-state index is 4.25. The Labute approximate surface area is 99.2 Å². The van der Waals surface area contributed by atoms with Gasteiger partial charge < -0.3 is 5.32 Å². The Morgan fingerprint density at radius 3 is 2.62 bits per heavy atom. The summed E-state index contributed by atoms with van der Waals surface area (Å²) >= 11 is 0. The van der Waals surface area contributed by atoms with Gasteiger partial charge in [0.1, 0.15) is 0 Å². The molecule has 0 fully saturated rings. The Balaban J connectivity index is 2.33. The zero-order valence-corrected chi connectivity index (χ0v) is 11.2. The highest BCUT2D eigenvalue weighted by Crippen LogP contribution is 2.08. The van der Waals surface area contributed by atoms with Gasteiger partial charge >= 0.3 is 0 Å². The third-order valence-corrected chi connectivity index (χ3v) is 3.70. The van der Waals surface area contributed by atoms with Gasteiger partial charge in [0.25, 0.3) is 0 Å². The van der Waals surface area contributed by atoms with Gasteiger partial charge in [0.05, 0.1) is 6.20 Å². The minimum absolute atomic E-state index is 0.599. The zero-order valence-electron chi connectivity index (χ0n) is 11.2. The average Bonchev–Trinajstić information content (AvgIpc) is 2.59. The first-order chi connectivity index (χ1) is 7.56. The van der Waals surface area contributed by atoms with E-state index in [4.69, 9.17) is 0 Å². The van der Waals surface area contributed by atoms with Crippen molar-refractivity contribution in [2.45, 2.75) is 46.6 Å². The molecule has 0 aliphatic carbocycles. The first-order valence-electron chi connectivity index (χ1n) is 6.27. The van der Waals surface area contributed by atoms with Crippen molar-refractivity contribution in [1.82, 2.24) is 15.1 Å². The lowest BCUT2D eigenvalue weighted by Crippen LogP contribution is -2.33. The van der Waals surface area contributed by atoms with Crippen LogP contribution in [0.2, 0.25) is 0 Å². The van der Waals surface area contributed by atoms with Crippen LogP contribution in [0.15, 0.2) is 6.20 Å². The van der Waals surface area contributed by atoms with Crippen LogP contribution in [-0.4, -0.2) is 22.4 Å². The van der Waals surface area contributed by atoms with E-state index in [1.54, 1.807) is 0 Å². The van der Waals surface area contributed by atoms with Crippen LogP contribution in [0.25, 0.3) is 0 Å². The molecule has 0 amide bonds. The Hall–Kier alpha value is -0.830. The lowest BCUT2D eigenvalue weighted by molar-refractivity contribution is 0.393. The standard InChI is InChI=1S/C13H25N3/c1-6-10(2)11(3)14-8-7-13-9-15-16(5)12(13)4/h9-11,14H,6-8H2,1-5H3. The number of aryl methyl sites for hydroxylation is 1. The summed E-state index contributed by atoms with van der Waals surface area (Å²) in [5.74, 6) is 0.745. The average molecular weight is 223 g/mol. The van der Waals surface area contributed by atoms with Crippen LogP contribution < -0.4 is 5.32 Å². The highest BCUT2D eigenvalue weighted by atomic mass is 15.3. The van der Waals surface area contributed by atoms with Crippen molar-refractivity contribution in [3.63, 3.8) is 0 Å². The second-order valence-corrected chi connectivity index (χ2v) is 4.76. The summed E-state index contributed by atoms with van der Waals surface area (Å²) < 4.78 is 1.94. The number of hydrogen-bond donors (Lipinski definition) is 1. The molecule has 3 nitrogen and oxygen atoms in total. The van der Waals surface area contributed by atoms with Crippen LogP contribution in [0.1, 0.15) is 38.4 Å². The molecule has 0 saturated heterocycles. The molecule has 2 unspecified atom stereocenters. The van der Waals surface area contributed by atoms with Crippen molar-refractivity contribution in [1.29, 1.82) is 0 Å². The van der Waals surface area contributed by atoms with E-state index in [9.17, 15) is 0 Å². The van der Waals surface area contributed by atoms with Gasteiger partial charge in [-0.1, -0.05) is 20.3 Å². The maximum Gasteiger partial charge on any atom is 0.0524 e. The molecule has 0 radical (unpaired) electrons. The van der Waals surface area contributed by atoms with Gasteiger partial charge in [-0.05, 0) is 38.3 Å². The van der Waals surface area contributed by atoms with Crippen LogP contribution >= 0.6 is 0 Å². The van der Waals surface area contributed by atoms with Crippen molar-refractivity contribution in [2.75, 3.05) is 6.54 Å². The fourth-order valence-electron chi connectivity index (χ4n) is 1.78. The van der Waals surface area contributed by atoms with Gasteiger partial charge in [-0.25, -0.2) is 0 Å². The van der Waals surface area contributed by atoms with Crippen LogP contribution in [0.4, 0.5) is 0 Å². The summed E-state index contributed by atoms with van der Waals surface area (Å²) in [5, 5.41) is 7.84. The summed E-state index contributed by atoms with van der Waals surface area (Å²) in [5.41, 5.74) is 2.63. The Kier molecular flexibility index (Phi) is 5.00. The third-order valence-electron chi connectivity index (χ3n) is 3.70. The number of rotatable bonds is 6. The van der Waals surface area contributed by atoms with E-state index in [-0.39, 0.29) is 0 Å². The summed E-state index contributed by atoms with van der Waals surface area (Å²) in [6.45, 7) is 9.98. The van der Waals surface area contributed by atoms with Crippen LogP contribution in [0, 0.1) is 12.8 Å². The molecule has 1 rings (SSSR count). The molecule has 1 heterocycles. The molecule has 1 aromatic heterocycles. The van der Waals surface area contributed by atoms with Crippen LogP contribution in [-0.2, 0) is 13.5 Å². The monoisotopic (exact) mass is 223 g/mol. The predicted octanol–water partition coefficient (Wildman–Crippen LogP) is 2.30. The van der Waals surface area contributed by atoms with Gasteiger partial charge in [0.15, 0.2) is 0 Å². The first kappa shape index (κ1) is 13.2. The van der Waals surface area contributed by atoms with E-state index in [0.717, 1.165) is 18.9 Å². The lowest BCUT2D eigenvalue weighted by atomic mass is 10.0. The summed E-state index contributed by atoms with van der Waals surface area (Å²) in [6.07, 6.45) is 4.28. The molecule has 0 spiro atoms. The van der Waals surface area contributed by atoms with E-state index in [1.807, 2.05) is 17.9 Å². The highest BCUT2D eigenvalue weighted by molar-refractivity contribution is 5.16. The van der Waals surface area contributed by atoms with Gasteiger partial charge in [-0.3, -0.25) is 4.68 Å². The molecule has 0 bridgehead atoms. The summed E-state index contributed by atoms with van der Waals surface area (Å²) in [4.78, 5) is 0. The molecular weight excluding hydrogens is 198 g/mol. The minimum Gasteiger partial charge on any atom is -0.314 e.